The second kappa shape index (κ2) is 7.27. The third-order valence-corrected chi connectivity index (χ3v) is 4.83. The van der Waals surface area contributed by atoms with Crippen LogP contribution in [0.3, 0.4) is 0 Å². The molecule has 0 radical (unpaired) electrons. The van der Waals surface area contributed by atoms with E-state index in [0.717, 1.165) is 30.7 Å². The number of aryl methyl sites for hydroxylation is 2. The lowest BCUT2D eigenvalue weighted by Crippen LogP contribution is -2.15. The van der Waals surface area contributed by atoms with E-state index in [2.05, 4.69) is 15.3 Å². The molecule has 2 aromatic carbocycles. The van der Waals surface area contributed by atoms with Crippen LogP contribution in [-0.4, -0.2) is 15.9 Å². The number of fused-ring (bicyclic) bond motifs is 1. The Kier molecular flexibility index (Phi) is 4.77. The standard InChI is InChI=1S/C21H15F4N3O/c22-17-7-2-1-6-14(17)20(29)28-19-11-26-18(10-27-19)15-8-12-4-3-5-13(12)9-16(15)21(23,24)25/h1-2,6-11H,3-5H2,(H,27,28,29). The molecule has 0 bridgehead atoms. The maximum Gasteiger partial charge on any atom is 0.417 e. The Labute approximate surface area is 163 Å². The summed E-state index contributed by atoms with van der Waals surface area (Å²) < 4.78 is 54.3. The molecular formula is C21H15F4N3O. The molecular weight excluding hydrogens is 386 g/mol. The van der Waals surface area contributed by atoms with Gasteiger partial charge in [0, 0.05) is 5.56 Å². The Morgan fingerprint density at radius 1 is 1.00 bits per heavy atom. The summed E-state index contributed by atoms with van der Waals surface area (Å²) in [4.78, 5) is 20.2. The van der Waals surface area contributed by atoms with Crippen LogP contribution in [0.25, 0.3) is 11.3 Å². The van der Waals surface area contributed by atoms with Crippen LogP contribution in [0, 0.1) is 5.82 Å². The molecule has 0 atom stereocenters. The molecule has 1 amide bonds. The zero-order valence-corrected chi connectivity index (χ0v) is 15.1. The molecule has 1 aliphatic carbocycles. The minimum Gasteiger partial charge on any atom is -0.305 e. The van der Waals surface area contributed by atoms with E-state index in [1.54, 1.807) is 0 Å². The first-order valence-corrected chi connectivity index (χ1v) is 8.94. The topological polar surface area (TPSA) is 54.9 Å². The van der Waals surface area contributed by atoms with Crippen molar-refractivity contribution in [3.05, 3.63) is 76.9 Å². The van der Waals surface area contributed by atoms with Crippen molar-refractivity contribution in [1.29, 1.82) is 0 Å². The van der Waals surface area contributed by atoms with Gasteiger partial charge in [-0.05, 0) is 54.7 Å². The Hall–Kier alpha value is -3.29. The number of amides is 1. The third kappa shape index (κ3) is 3.83. The molecule has 8 heteroatoms. The summed E-state index contributed by atoms with van der Waals surface area (Å²) in [7, 11) is 0. The van der Waals surface area contributed by atoms with Crippen LogP contribution < -0.4 is 5.32 Å². The predicted molar refractivity (Wildman–Crippen MR) is 98.8 cm³/mol. The summed E-state index contributed by atoms with van der Waals surface area (Å²) in [5, 5.41) is 2.39. The third-order valence-electron chi connectivity index (χ3n) is 4.83. The van der Waals surface area contributed by atoms with Crippen molar-refractivity contribution in [1.82, 2.24) is 9.97 Å². The molecule has 4 nitrogen and oxygen atoms in total. The summed E-state index contributed by atoms with van der Waals surface area (Å²) in [6, 6.07) is 8.14. The number of benzene rings is 2. The number of halogens is 4. The summed E-state index contributed by atoms with van der Waals surface area (Å²) >= 11 is 0. The van der Waals surface area contributed by atoms with Gasteiger partial charge in [0.2, 0.25) is 0 Å². The smallest absolute Gasteiger partial charge is 0.305 e. The monoisotopic (exact) mass is 401 g/mol. The van der Waals surface area contributed by atoms with E-state index in [-0.39, 0.29) is 22.6 Å². The highest BCUT2D eigenvalue weighted by Crippen LogP contribution is 2.40. The molecule has 0 unspecified atom stereocenters. The van der Waals surface area contributed by atoms with E-state index in [9.17, 15) is 22.4 Å². The van der Waals surface area contributed by atoms with E-state index >= 15 is 0 Å². The zero-order valence-electron chi connectivity index (χ0n) is 15.1. The van der Waals surface area contributed by atoms with Crippen LogP contribution in [0.4, 0.5) is 23.4 Å². The first kappa shape index (κ1) is 19.0. The zero-order chi connectivity index (χ0) is 20.6. The van der Waals surface area contributed by atoms with Crippen LogP contribution in [0.15, 0.2) is 48.8 Å². The molecule has 29 heavy (non-hydrogen) atoms. The number of hydrogen-bond acceptors (Lipinski definition) is 3. The molecule has 0 fully saturated rings. The largest absolute Gasteiger partial charge is 0.417 e. The van der Waals surface area contributed by atoms with Crippen molar-refractivity contribution >= 4 is 11.7 Å². The average Bonchev–Trinajstić information content (AvgIpc) is 3.15. The van der Waals surface area contributed by atoms with Gasteiger partial charge in [0.15, 0.2) is 5.82 Å². The Balaban J connectivity index is 1.63. The maximum atomic E-state index is 13.7. The molecule has 0 aliphatic heterocycles. The number of rotatable bonds is 3. The van der Waals surface area contributed by atoms with Crippen molar-refractivity contribution < 1.29 is 22.4 Å². The van der Waals surface area contributed by atoms with E-state index < -0.39 is 23.5 Å². The predicted octanol–water partition coefficient (Wildman–Crippen LogP) is 5.04. The van der Waals surface area contributed by atoms with E-state index in [1.165, 1.54) is 36.5 Å². The van der Waals surface area contributed by atoms with Crippen LogP contribution in [-0.2, 0) is 19.0 Å². The summed E-state index contributed by atoms with van der Waals surface area (Å²) in [5.41, 5.74) is 0.676. The fraction of sp³-hybridized carbons (Fsp3) is 0.190. The van der Waals surface area contributed by atoms with Crippen LogP contribution in [0.1, 0.15) is 33.5 Å². The van der Waals surface area contributed by atoms with E-state index in [1.807, 2.05) is 0 Å². The molecule has 1 N–H and O–H groups in total. The van der Waals surface area contributed by atoms with Gasteiger partial charge in [-0.2, -0.15) is 13.2 Å². The number of alkyl halides is 3. The van der Waals surface area contributed by atoms with Crippen molar-refractivity contribution in [2.75, 3.05) is 5.32 Å². The van der Waals surface area contributed by atoms with Gasteiger partial charge in [0.1, 0.15) is 5.82 Å². The quantitative estimate of drug-likeness (QED) is 0.626. The lowest BCUT2D eigenvalue weighted by Gasteiger charge is -2.15. The van der Waals surface area contributed by atoms with Gasteiger partial charge in [0.05, 0.1) is 29.2 Å². The summed E-state index contributed by atoms with van der Waals surface area (Å²) in [6.07, 6.45) is -0.0183. The van der Waals surface area contributed by atoms with E-state index in [4.69, 9.17) is 0 Å². The second-order valence-electron chi connectivity index (χ2n) is 6.74. The van der Waals surface area contributed by atoms with Gasteiger partial charge < -0.3 is 5.32 Å². The van der Waals surface area contributed by atoms with Crippen LogP contribution in [0.2, 0.25) is 0 Å². The molecule has 1 aliphatic rings. The van der Waals surface area contributed by atoms with Crippen LogP contribution >= 0.6 is 0 Å². The summed E-state index contributed by atoms with van der Waals surface area (Å²) in [5.74, 6) is -1.40. The molecule has 0 spiro atoms. The number of aromatic nitrogens is 2. The highest BCUT2D eigenvalue weighted by Gasteiger charge is 2.35. The number of carbonyl (C=O) groups is 1. The number of carbonyl (C=O) groups excluding carboxylic acids is 1. The van der Waals surface area contributed by atoms with Gasteiger partial charge in [-0.15, -0.1) is 0 Å². The molecule has 4 rings (SSSR count). The molecule has 0 saturated heterocycles. The lowest BCUT2D eigenvalue weighted by atomic mass is 9.97. The highest BCUT2D eigenvalue weighted by molar-refractivity contribution is 6.03. The number of anilines is 1. The van der Waals surface area contributed by atoms with Gasteiger partial charge in [-0.25, -0.2) is 9.37 Å². The number of hydrogen-bond donors (Lipinski definition) is 1. The molecule has 1 aromatic heterocycles. The number of nitrogens with zero attached hydrogens (tertiary/aromatic N) is 2. The van der Waals surface area contributed by atoms with Crippen molar-refractivity contribution in [3.63, 3.8) is 0 Å². The highest BCUT2D eigenvalue weighted by atomic mass is 19.4. The summed E-state index contributed by atoms with van der Waals surface area (Å²) in [6.45, 7) is 0. The molecule has 1 heterocycles. The first-order valence-electron chi connectivity index (χ1n) is 8.94. The van der Waals surface area contributed by atoms with Crippen molar-refractivity contribution in [2.45, 2.75) is 25.4 Å². The van der Waals surface area contributed by atoms with Crippen LogP contribution in [0.5, 0.6) is 0 Å². The fourth-order valence-electron chi connectivity index (χ4n) is 3.43. The van der Waals surface area contributed by atoms with Gasteiger partial charge in [-0.3, -0.25) is 9.78 Å². The average molecular weight is 401 g/mol. The minimum absolute atomic E-state index is 0.0109. The number of nitrogens with one attached hydrogen (secondary N) is 1. The molecule has 3 aromatic rings. The normalized spacial score (nSPS) is 13.2. The second-order valence-corrected chi connectivity index (χ2v) is 6.74. The Morgan fingerprint density at radius 3 is 2.38 bits per heavy atom. The Morgan fingerprint density at radius 2 is 1.72 bits per heavy atom. The van der Waals surface area contributed by atoms with Crippen molar-refractivity contribution in [2.24, 2.45) is 0 Å². The van der Waals surface area contributed by atoms with Gasteiger partial charge >= 0.3 is 6.18 Å². The lowest BCUT2D eigenvalue weighted by molar-refractivity contribution is -0.137. The first-order chi connectivity index (χ1) is 13.8. The fourth-order valence-corrected chi connectivity index (χ4v) is 3.43. The maximum absolute atomic E-state index is 13.7. The van der Waals surface area contributed by atoms with E-state index in [0.29, 0.717) is 12.0 Å². The molecule has 0 saturated carbocycles. The molecule has 148 valence electrons. The van der Waals surface area contributed by atoms with Gasteiger partial charge in [-0.1, -0.05) is 12.1 Å². The minimum atomic E-state index is -4.52. The SMILES string of the molecule is O=C(Nc1cnc(-c2cc3c(cc2C(F)(F)F)CCC3)cn1)c1ccccc1F. The van der Waals surface area contributed by atoms with Crippen molar-refractivity contribution in [3.8, 4) is 11.3 Å². The Bertz CT molecular complexity index is 1080. The van der Waals surface area contributed by atoms with Gasteiger partial charge in [0.25, 0.3) is 5.91 Å².